The first kappa shape index (κ1) is 9.66. The molecule has 0 N–H and O–H groups in total. The quantitative estimate of drug-likeness (QED) is 0.488. The van der Waals surface area contributed by atoms with E-state index in [-0.39, 0.29) is 10.9 Å². The van der Waals surface area contributed by atoms with E-state index in [4.69, 9.17) is 0 Å². The van der Waals surface area contributed by atoms with Gasteiger partial charge in [-0.15, -0.1) is 0 Å². The SMILES string of the molecule is O=[N+]([O-])c1nccn1C(Br)CBr. The van der Waals surface area contributed by atoms with E-state index in [1.165, 1.54) is 10.8 Å². The van der Waals surface area contributed by atoms with E-state index in [1.807, 2.05) is 0 Å². The van der Waals surface area contributed by atoms with Crippen molar-refractivity contribution in [1.29, 1.82) is 0 Å². The highest BCUT2D eigenvalue weighted by Crippen LogP contribution is 2.22. The highest BCUT2D eigenvalue weighted by molar-refractivity contribution is 9.11. The maximum atomic E-state index is 10.4. The van der Waals surface area contributed by atoms with Gasteiger partial charge >= 0.3 is 5.95 Å². The van der Waals surface area contributed by atoms with Gasteiger partial charge in [0.2, 0.25) is 0 Å². The summed E-state index contributed by atoms with van der Waals surface area (Å²) >= 11 is 6.46. The molecule has 0 amide bonds. The van der Waals surface area contributed by atoms with Crippen molar-refractivity contribution in [1.82, 2.24) is 9.55 Å². The molecule has 1 atom stereocenters. The predicted octanol–water partition coefficient (Wildman–Crippen LogP) is 2.08. The third-order valence-electron chi connectivity index (χ3n) is 1.24. The molecule has 1 aromatic rings. The lowest BCUT2D eigenvalue weighted by molar-refractivity contribution is -0.396. The molecule has 0 aliphatic carbocycles. The van der Waals surface area contributed by atoms with E-state index >= 15 is 0 Å². The van der Waals surface area contributed by atoms with Crippen LogP contribution in [-0.4, -0.2) is 19.8 Å². The zero-order chi connectivity index (χ0) is 9.14. The zero-order valence-electron chi connectivity index (χ0n) is 5.85. The summed E-state index contributed by atoms with van der Waals surface area (Å²) < 4.78 is 1.44. The lowest BCUT2D eigenvalue weighted by Gasteiger charge is -2.04. The minimum absolute atomic E-state index is 0.139. The highest BCUT2D eigenvalue weighted by atomic mass is 79.9. The first-order valence-electron chi connectivity index (χ1n) is 3.04. The Labute approximate surface area is 85.2 Å². The van der Waals surface area contributed by atoms with Gasteiger partial charge in [-0.05, 0) is 20.9 Å². The molecule has 0 aliphatic rings. The van der Waals surface area contributed by atoms with Gasteiger partial charge in [0.05, 0.1) is 0 Å². The Bertz CT molecular complexity index is 288. The maximum absolute atomic E-state index is 10.4. The van der Waals surface area contributed by atoms with Crippen molar-refractivity contribution in [2.75, 3.05) is 5.33 Å². The Balaban J connectivity index is 2.98. The van der Waals surface area contributed by atoms with Gasteiger partial charge in [-0.2, -0.15) is 0 Å². The molecule has 1 unspecified atom stereocenters. The highest BCUT2D eigenvalue weighted by Gasteiger charge is 2.19. The van der Waals surface area contributed by atoms with E-state index in [0.717, 1.165) is 0 Å². The fourth-order valence-electron chi connectivity index (χ4n) is 0.740. The van der Waals surface area contributed by atoms with Crippen LogP contribution < -0.4 is 0 Å². The number of imidazole rings is 1. The van der Waals surface area contributed by atoms with Crippen molar-refractivity contribution in [3.8, 4) is 0 Å². The molecule has 0 aliphatic heterocycles. The van der Waals surface area contributed by atoms with Crippen LogP contribution in [0.1, 0.15) is 4.95 Å². The number of hydrogen-bond donors (Lipinski definition) is 0. The second kappa shape index (κ2) is 3.99. The third kappa shape index (κ3) is 1.84. The number of halogens is 2. The van der Waals surface area contributed by atoms with Gasteiger partial charge in [0, 0.05) is 5.33 Å². The predicted molar refractivity (Wildman–Crippen MR) is 50.6 cm³/mol. The number of nitro groups is 1. The van der Waals surface area contributed by atoms with Gasteiger partial charge in [0.25, 0.3) is 0 Å². The summed E-state index contributed by atoms with van der Waals surface area (Å²) in [6.45, 7) is 0. The molecule has 1 heterocycles. The van der Waals surface area contributed by atoms with E-state index in [2.05, 4.69) is 36.8 Å². The van der Waals surface area contributed by atoms with Gasteiger partial charge < -0.3 is 10.1 Å². The first-order chi connectivity index (χ1) is 5.66. The topological polar surface area (TPSA) is 61.0 Å². The molecule has 0 spiro atoms. The van der Waals surface area contributed by atoms with Crippen LogP contribution in [-0.2, 0) is 0 Å². The van der Waals surface area contributed by atoms with Crippen molar-refractivity contribution < 1.29 is 4.92 Å². The molecule has 7 heteroatoms. The summed E-state index contributed by atoms with van der Waals surface area (Å²) in [6.07, 6.45) is 2.95. The summed E-state index contributed by atoms with van der Waals surface area (Å²) in [7, 11) is 0. The first-order valence-corrected chi connectivity index (χ1v) is 5.07. The lowest BCUT2D eigenvalue weighted by Crippen LogP contribution is -2.06. The molecule has 0 saturated heterocycles. The van der Waals surface area contributed by atoms with E-state index in [0.29, 0.717) is 5.33 Å². The number of rotatable bonds is 3. The van der Waals surface area contributed by atoms with E-state index in [1.54, 1.807) is 6.20 Å². The number of nitrogens with zero attached hydrogens (tertiary/aromatic N) is 3. The molecule has 0 bridgehead atoms. The summed E-state index contributed by atoms with van der Waals surface area (Å²) in [5, 5.41) is 11.0. The molecule has 0 saturated carbocycles. The minimum Gasteiger partial charge on any atom is -0.390 e. The van der Waals surface area contributed by atoms with Crippen molar-refractivity contribution in [2.24, 2.45) is 0 Å². The monoisotopic (exact) mass is 297 g/mol. The van der Waals surface area contributed by atoms with E-state index in [9.17, 15) is 10.1 Å². The summed E-state index contributed by atoms with van der Waals surface area (Å²) in [4.78, 5) is 13.3. The Morgan fingerprint density at radius 2 is 2.50 bits per heavy atom. The van der Waals surface area contributed by atoms with Crippen LogP contribution in [0.15, 0.2) is 12.4 Å². The van der Waals surface area contributed by atoms with Crippen LogP contribution >= 0.6 is 31.9 Å². The number of hydrogen-bond acceptors (Lipinski definition) is 3. The van der Waals surface area contributed by atoms with Gasteiger partial charge in [-0.1, -0.05) is 20.9 Å². The Morgan fingerprint density at radius 3 is 3.00 bits per heavy atom. The molecular formula is C5H5Br2N3O2. The van der Waals surface area contributed by atoms with Crippen molar-refractivity contribution in [3.63, 3.8) is 0 Å². The second-order valence-corrected chi connectivity index (χ2v) is 3.68. The Morgan fingerprint density at radius 1 is 1.83 bits per heavy atom. The van der Waals surface area contributed by atoms with Crippen LogP contribution in [0, 0.1) is 10.1 Å². The largest absolute Gasteiger partial charge is 0.435 e. The Hall–Kier alpha value is -0.430. The van der Waals surface area contributed by atoms with Crippen LogP contribution in [0.5, 0.6) is 0 Å². The van der Waals surface area contributed by atoms with E-state index < -0.39 is 4.92 Å². The molecule has 66 valence electrons. The van der Waals surface area contributed by atoms with Gasteiger partial charge in [0.1, 0.15) is 17.3 Å². The average Bonchev–Trinajstić information content (AvgIpc) is 2.50. The summed E-state index contributed by atoms with van der Waals surface area (Å²) in [5.41, 5.74) is 0. The standard InChI is InChI=1S/C5H5Br2N3O2/c6-3-4(7)9-2-1-8-5(9)10(11)12/h1-2,4H,3H2. The van der Waals surface area contributed by atoms with Crippen LogP contribution in [0.2, 0.25) is 0 Å². The normalized spacial score (nSPS) is 12.8. The fourth-order valence-corrected chi connectivity index (χ4v) is 1.37. The van der Waals surface area contributed by atoms with Gasteiger partial charge in [-0.25, -0.2) is 4.57 Å². The molecule has 0 fully saturated rings. The van der Waals surface area contributed by atoms with Crippen LogP contribution in [0.4, 0.5) is 5.95 Å². The third-order valence-corrected chi connectivity index (χ3v) is 3.49. The second-order valence-electron chi connectivity index (χ2n) is 1.98. The molecule has 5 nitrogen and oxygen atoms in total. The number of alkyl halides is 2. The smallest absolute Gasteiger partial charge is 0.390 e. The minimum atomic E-state index is -0.517. The van der Waals surface area contributed by atoms with Crippen LogP contribution in [0.3, 0.4) is 0 Å². The molecular weight excluding hydrogens is 294 g/mol. The molecule has 0 radical (unpaired) electrons. The maximum Gasteiger partial charge on any atom is 0.435 e. The molecule has 1 aromatic heterocycles. The zero-order valence-corrected chi connectivity index (χ0v) is 9.03. The van der Waals surface area contributed by atoms with Crippen molar-refractivity contribution in [2.45, 2.75) is 4.95 Å². The van der Waals surface area contributed by atoms with Gasteiger partial charge in [-0.3, -0.25) is 0 Å². The van der Waals surface area contributed by atoms with Gasteiger partial charge in [0.15, 0.2) is 0 Å². The fraction of sp³-hybridized carbons (Fsp3) is 0.400. The molecule has 12 heavy (non-hydrogen) atoms. The van der Waals surface area contributed by atoms with Crippen LogP contribution in [0.25, 0.3) is 0 Å². The average molecular weight is 299 g/mol. The molecule has 1 rings (SSSR count). The van der Waals surface area contributed by atoms with Crippen molar-refractivity contribution >= 4 is 37.8 Å². The molecule has 0 aromatic carbocycles. The Kier molecular flexibility index (Phi) is 3.21. The summed E-state index contributed by atoms with van der Waals surface area (Å²) in [5.74, 6) is -0.156. The van der Waals surface area contributed by atoms with Crippen molar-refractivity contribution in [3.05, 3.63) is 22.5 Å². The number of aromatic nitrogens is 2. The lowest BCUT2D eigenvalue weighted by atomic mass is 10.7. The summed E-state index contributed by atoms with van der Waals surface area (Å²) in [6, 6.07) is 0.